The number of hydrogen-bond donors (Lipinski definition) is 1. The normalized spacial score (nSPS) is 10.9. The molecular formula is C15H12BrFN2O2. The molecule has 0 unspecified atom stereocenters. The van der Waals surface area contributed by atoms with Gasteiger partial charge in [0.2, 0.25) is 0 Å². The van der Waals surface area contributed by atoms with Crippen LogP contribution in [-0.2, 0) is 0 Å². The molecule has 0 aliphatic rings. The lowest BCUT2D eigenvalue weighted by Crippen LogP contribution is -1.89. The summed E-state index contributed by atoms with van der Waals surface area (Å²) in [6, 6.07) is 8.46. The number of imidazole rings is 1. The van der Waals surface area contributed by atoms with Crippen molar-refractivity contribution in [1.82, 2.24) is 9.97 Å². The zero-order chi connectivity index (χ0) is 15.0. The van der Waals surface area contributed by atoms with Crippen molar-refractivity contribution in [3.63, 3.8) is 0 Å². The number of halogens is 2. The molecule has 3 rings (SSSR count). The van der Waals surface area contributed by atoms with Gasteiger partial charge in [0.05, 0.1) is 29.7 Å². The van der Waals surface area contributed by atoms with Crippen molar-refractivity contribution in [1.29, 1.82) is 0 Å². The van der Waals surface area contributed by atoms with E-state index in [1.165, 1.54) is 6.07 Å². The van der Waals surface area contributed by atoms with Gasteiger partial charge in [-0.3, -0.25) is 0 Å². The number of aromatic nitrogens is 2. The Hall–Kier alpha value is -2.08. The predicted molar refractivity (Wildman–Crippen MR) is 82.3 cm³/mol. The van der Waals surface area contributed by atoms with Crippen LogP contribution in [-0.4, -0.2) is 24.2 Å². The maximum absolute atomic E-state index is 13.6. The highest BCUT2D eigenvalue weighted by atomic mass is 79.9. The van der Waals surface area contributed by atoms with Crippen molar-refractivity contribution in [3.05, 3.63) is 40.6 Å². The van der Waals surface area contributed by atoms with Crippen LogP contribution in [0.4, 0.5) is 4.39 Å². The molecule has 0 aliphatic heterocycles. The Morgan fingerprint density at radius 1 is 1.10 bits per heavy atom. The zero-order valence-electron chi connectivity index (χ0n) is 11.4. The van der Waals surface area contributed by atoms with Crippen LogP contribution in [0.2, 0.25) is 0 Å². The van der Waals surface area contributed by atoms with Gasteiger partial charge in [0.15, 0.2) is 11.5 Å². The first-order valence-corrected chi connectivity index (χ1v) is 6.99. The van der Waals surface area contributed by atoms with Crippen molar-refractivity contribution in [3.8, 4) is 22.9 Å². The van der Waals surface area contributed by atoms with Crippen LogP contribution < -0.4 is 9.47 Å². The van der Waals surface area contributed by atoms with Gasteiger partial charge in [0.25, 0.3) is 0 Å². The lowest BCUT2D eigenvalue weighted by Gasteiger charge is -2.06. The topological polar surface area (TPSA) is 47.1 Å². The van der Waals surface area contributed by atoms with Gasteiger partial charge in [-0.25, -0.2) is 9.37 Å². The number of methoxy groups -OCH3 is 2. The second kappa shape index (κ2) is 5.37. The van der Waals surface area contributed by atoms with Gasteiger partial charge in [-0.1, -0.05) is 0 Å². The first-order valence-electron chi connectivity index (χ1n) is 6.19. The van der Waals surface area contributed by atoms with E-state index in [0.29, 0.717) is 27.4 Å². The highest BCUT2D eigenvalue weighted by Gasteiger charge is 2.12. The summed E-state index contributed by atoms with van der Waals surface area (Å²) in [7, 11) is 3.15. The number of nitrogens with one attached hydrogen (secondary N) is 1. The van der Waals surface area contributed by atoms with Crippen LogP contribution in [0.1, 0.15) is 0 Å². The summed E-state index contributed by atoms with van der Waals surface area (Å²) in [5.41, 5.74) is 2.20. The molecular weight excluding hydrogens is 339 g/mol. The van der Waals surface area contributed by atoms with Gasteiger partial charge in [-0.15, -0.1) is 0 Å². The van der Waals surface area contributed by atoms with E-state index in [0.717, 1.165) is 11.0 Å². The van der Waals surface area contributed by atoms with E-state index in [1.807, 2.05) is 0 Å². The van der Waals surface area contributed by atoms with Crippen molar-refractivity contribution in [2.75, 3.05) is 14.2 Å². The Kier molecular flexibility index (Phi) is 3.55. The van der Waals surface area contributed by atoms with Crippen LogP contribution in [0.5, 0.6) is 11.5 Å². The average molecular weight is 351 g/mol. The molecule has 0 radical (unpaired) electrons. The number of nitrogens with zero attached hydrogens (tertiary/aromatic N) is 1. The molecule has 0 amide bonds. The van der Waals surface area contributed by atoms with Crippen LogP contribution in [0.15, 0.2) is 34.8 Å². The molecule has 1 aromatic heterocycles. The molecule has 0 bridgehead atoms. The minimum Gasteiger partial charge on any atom is -0.493 e. The molecule has 108 valence electrons. The highest BCUT2D eigenvalue weighted by Crippen LogP contribution is 2.32. The van der Waals surface area contributed by atoms with Crippen LogP contribution in [0, 0.1) is 5.82 Å². The quantitative estimate of drug-likeness (QED) is 0.771. The van der Waals surface area contributed by atoms with Gasteiger partial charge in [-0.05, 0) is 34.1 Å². The van der Waals surface area contributed by atoms with Crippen LogP contribution >= 0.6 is 15.9 Å². The maximum Gasteiger partial charge on any atom is 0.163 e. The minimum absolute atomic E-state index is 0.330. The summed E-state index contributed by atoms with van der Waals surface area (Å²) >= 11 is 3.14. The molecule has 0 spiro atoms. The van der Waals surface area contributed by atoms with Crippen LogP contribution in [0.3, 0.4) is 0 Å². The minimum atomic E-state index is -0.330. The lowest BCUT2D eigenvalue weighted by molar-refractivity contribution is 0.356. The molecule has 1 heterocycles. The van der Waals surface area contributed by atoms with Crippen molar-refractivity contribution < 1.29 is 13.9 Å². The van der Waals surface area contributed by atoms with Gasteiger partial charge in [-0.2, -0.15) is 0 Å². The number of rotatable bonds is 3. The van der Waals surface area contributed by atoms with Gasteiger partial charge >= 0.3 is 0 Å². The number of fused-ring (bicyclic) bond motifs is 1. The van der Waals surface area contributed by atoms with E-state index in [9.17, 15) is 4.39 Å². The summed E-state index contributed by atoms with van der Waals surface area (Å²) in [6.07, 6.45) is 0. The lowest BCUT2D eigenvalue weighted by atomic mass is 10.2. The standard InChI is InChI=1S/C15H12BrFN2O2/c1-20-13-6-11-12(7-14(13)21-2)19-15(18-11)8-3-4-9(16)10(17)5-8/h3-7H,1-2H3,(H,18,19). The number of benzene rings is 2. The van der Waals surface area contributed by atoms with Gasteiger partial charge in [0.1, 0.15) is 11.6 Å². The molecule has 0 fully saturated rings. The number of H-pyrrole nitrogens is 1. The molecule has 6 heteroatoms. The molecule has 0 aliphatic carbocycles. The Morgan fingerprint density at radius 3 is 2.48 bits per heavy atom. The first-order chi connectivity index (χ1) is 10.1. The fraction of sp³-hybridized carbons (Fsp3) is 0.133. The van der Waals surface area contributed by atoms with Crippen LogP contribution in [0.25, 0.3) is 22.4 Å². The van der Waals surface area contributed by atoms with E-state index >= 15 is 0 Å². The smallest absolute Gasteiger partial charge is 0.163 e. The molecule has 0 saturated carbocycles. The molecule has 1 N–H and O–H groups in total. The fourth-order valence-corrected chi connectivity index (χ4v) is 2.36. The summed E-state index contributed by atoms with van der Waals surface area (Å²) in [5.74, 6) is 1.47. The summed E-state index contributed by atoms with van der Waals surface area (Å²) in [6.45, 7) is 0. The Labute approximate surface area is 129 Å². The third-order valence-corrected chi connectivity index (χ3v) is 3.82. The molecule has 4 nitrogen and oxygen atoms in total. The van der Waals surface area contributed by atoms with E-state index in [-0.39, 0.29) is 5.82 Å². The maximum atomic E-state index is 13.6. The van der Waals surface area contributed by atoms with Crippen molar-refractivity contribution >= 4 is 27.0 Å². The number of hydrogen-bond acceptors (Lipinski definition) is 3. The summed E-state index contributed by atoms with van der Waals surface area (Å²) in [5, 5.41) is 0. The number of aromatic amines is 1. The van der Waals surface area contributed by atoms with E-state index in [2.05, 4.69) is 25.9 Å². The average Bonchev–Trinajstić information content (AvgIpc) is 2.91. The Morgan fingerprint density at radius 2 is 1.81 bits per heavy atom. The van der Waals surface area contributed by atoms with E-state index in [1.54, 1.807) is 38.5 Å². The SMILES string of the molecule is COc1cc2nc(-c3ccc(Br)c(F)c3)[nH]c2cc1OC. The van der Waals surface area contributed by atoms with E-state index in [4.69, 9.17) is 9.47 Å². The summed E-state index contributed by atoms with van der Waals surface area (Å²) in [4.78, 5) is 7.62. The third kappa shape index (κ3) is 2.47. The Balaban J connectivity index is 2.14. The largest absolute Gasteiger partial charge is 0.493 e. The summed E-state index contributed by atoms with van der Waals surface area (Å²) < 4.78 is 24.6. The fourth-order valence-electron chi connectivity index (χ4n) is 2.12. The number of ether oxygens (including phenoxy) is 2. The molecule has 0 saturated heterocycles. The second-order valence-electron chi connectivity index (χ2n) is 4.44. The predicted octanol–water partition coefficient (Wildman–Crippen LogP) is 4.15. The first kappa shape index (κ1) is 13.9. The molecule has 2 aromatic carbocycles. The van der Waals surface area contributed by atoms with E-state index < -0.39 is 0 Å². The van der Waals surface area contributed by atoms with Gasteiger partial charge < -0.3 is 14.5 Å². The molecule has 3 aromatic rings. The second-order valence-corrected chi connectivity index (χ2v) is 5.29. The zero-order valence-corrected chi connectivity index (χ0v) is 13.0. The Bertz CT molecular complexity index is 776. The van der Waals surface area contributed by atoms with Gasteiger partial charge in [0, 0.05) is 17.7 Å². The molecule has 0 atom stereocenters. The molecule has 21 heavy (non-hydrogen) atoms. The van der Waals surface area contributed by atoms with Crippen molar-refractivity contribution in [2.24, 2.45) is 0 Å². The van der Waals surface area contributed by atoms with Crippen molar-refractivity contribution in [2.45, 2.75) is 0 Å². The highest BCUT2D eigenvalue weighted by molar-refractivity contribution is 9.10. The monoisotopic (exact) mass is 350 g/mol. The third-order valence-electron chi connectivity index (χ3n) is 3.18.